The third-order valence-electron chi connectivity index (χ3n) is 4.35. The molecule has 1 aliphatic rings. The molecule has 0 aliphatic carbocycles. The van der Waals surface area contributed by atoms with Crippen molar-refractivity contribution in [3.63, 3.8) is 0 Å². The number of piperazine rings is 1. The van der Waals surface area contributed by atoms with Gasteiger partial charge in [0.2, 0.25) is 0 Å². The number of nitrogens with one attached hydrogen (secondary N) is 1. The largest absolute Gasteiger partial charge is 0.493 e. The Hall–Kier alpha value is -1.58. The minimum Gasteiger partial charge on any atom is -0.493 e. The minimum absolute atomic E-state index is 0. The Morgan fingerprint density at radius 2 is 1.81 bits per heavy atom. The molecule has 3 rings (SSSR count). The maximum absolute atomic E-state index is 11.7. The molecule has 7 nitrogen and oxygen atoms in total. The number of halogens is 2. The van der Waals surface area contributed by atoms with E-state index in [0.29, 0.717) is 17.1 Å². The lowest BCUT2D eigenvalue weighted by molar-refractivity contribution is -0.386. The number of rotatable bonds is 6. The third kappa shape index (κ3) is 5.03. The van der Waals surface area contributed by atoms with Crippen LogP contribution in [0, 0.1) is 10.1 Å². The molecule has 27 heavy (non-hydrogen) atoms. The maximum atomic E-state index is 11.7. The first-order valence-electron chi connectivity index (χ1n) is 8.04. The van der Waals surface area contributed by atoms with Gasteiger partial charge in [0.25, 0.3) is 5.69 Å². The molecule has 1 aromatic heterocycles. The van der Waals surface area contributed by atoms with E-state index in [2.05, 4.69) is 10.2 Å². The first-order valence-corrected chi connectivity index (χ1v) is 8.92. The van der Waals surface area contributed by atoms with Crippen LogP contribution < -0.4 is 14.8 Å². The van der Waals surface area contributed by atoms with Gasteiger partial charge in [-0.1, -0.05) is 6.07 Å². The van der Waals surface area contributed by atoms with E-state index in [0.717, 1.165) is 31.1 Å². The lowest BCUT2D eigenvalue weighted by atomic mass is 9.99. The van der Waals surface area contributed by atoms with Gasteiger partial charge in [-0.05, 0) is 17.5 Å². The highest BCUT2D eigenvalue weighted by Gasteiger charge is 2.32. The molecule has 0 spiro atoms. The fourth-order valence-corrected chi connectivity index (χ4v) is 4.05. The van der Waals surface area contributed by atoms with E-state index in [1.54, 1.807) is 24.5 Å². The Labute approximate surface area is 174 Å². The number of nitrogens with zero attached hydrogens (tertiary/aromatic N) is 2. The van der Waals surface area contributed by atoms with Crippen LogP contribution in [0.25, 0.3) is 0 Å². The second kappa shape index (κ2) is 10.7. The van der Waals surface area contributed by atoms with Crippen molar-refractivity contribution in [3.8, 4) is 11.5 Å². The predicted molar refractivity (Wildman–Crippen MR) is 111 cm³/mol. The summed E-state index contributed by atoms with van der Waals surface area (Å²) in [5.41, 5.74) is 0.682. The van der Waals surface area contributed by atoms with Crippen LogP contribution in [0.2, 0.25) is 0 Å². The van der Waals surface area contributed by atoms with E-state index in [9.17, 15) is 10.1 Å². The topological polar surface area (TPSA) is 76.9 Å². The van der Waals surface area contributed by atoms with Crippen LogP contribution in [-0.2, 0) is 0 Å². The standard InChI is InChI=1S/C17H21N3O4S.2ClH/c1-23-14-10-12(13(20(21)22)11-15(14)24-2)17(16-4-3-9-25-16)19-7-5-18-6-8-19;;/h3-4,9-11,17-18H,5-8H2,1-2H3;2*1H/t17-;;/m0../s1. The van der Waals surface area contributed by atoms with Crippen LogP contribution >= 0.6 is 36.2 Å². The van der Waals surface area contributed by atoms with E-state index in [1.165, 1.54) is 13.2 Å². The van der Waals surface area contributed by atoms with E-state index in [1.807, 2.05) is 17.5 Å². The zero-order valence-electron chi connectivity index (χ0n) is 15.0. The van der Waals surface area contributed by atoms with Gasteiger partial charge in [-0.15, -0.1) is 36.2 Å². The minimum atomic E-state index is -0.347. The van der Waals surface area contributed by atoms with Crippen LogP contribution in [0.4, 0.5) is 5.69 Å². The summed E-state index contributed by atoms with van der Waals surface area (Å²) in [6.45, 7) is 3.38. The van der Waals surface area contributed by atoms with Gasteiger partial charge in [-0.2, -0.15) is 0 Å². The third-order valence-corrected chi connectivity index (χ3v) is 5.28. The van der Waals surface area contributed by atoms with Crippen LogP contribution in [0.5, 0.6) is 11.5 Å². The second-order valence-electron chi connectivity index (χ2n) is 5.73. The Morgan fingerprint density at radius 3 is 2.33 bits per heavy atom. The van der Waals surface area contributed by atoms with E-state index < -0.39 is 0 Å². The Morgan fingerprint density at radius 1 is 1.19 bits per heavy atom. The summed E-state index contributed by atoms with van der Waals surface area (Å²) < 4.78 is 10.6. The zero-order valence-corrected chi connectivity index (χ0v) is 17.5. The summed E-state index contributed by atoms with van der Waals surface area (Å²) >= 11 is 1.61. The van der Waals surface area contributed by atoms with Gasteiger partial charge in [0.15, 0.2) is 11.5 Å². The molecular formula is C17H23Cl2N3O4S. The lowest BCUT2D eigenvalue weighted by Gasteiger charge is -2.34. The molecule has 1 atom stereocenters. The molecule has 1 fully saturated rings. The molecule has 0 saturated carbocycles. The SMILES string of the molecule is COc1cc([C@@H](c2cccs2)N2CCNCC2)c([N+](=O)[O-])cc1OC.Cl.Cl. The van der Waals surface area contributed by atoms with Gasteiger partial charge in [-0.3, -0.25) is 15.0 Å². The first-order chi connectivity index (χ1) is 12.2. The van der Waals surface area contributed by atoms with Gasteiger partial charge < -0.3 is 14.8 Å². The molecule has 2 aromatic rings. The first kappa shape index (κ1) is 23.5. The number of methoxy groups -OCH3 is 2. The molecule has 0 radical (unpaired) electrons. The van der Waals surface area contributed by atoms with Crippen molar-refractivity contribution in [3.05, 3.63) is 50.2 Å². The summed E-state index contributed by atoms with van der Waals surface area (Å²) in [6.07, 6.45) is 0. The fourth-order valence-electron chi connectivity index (χ4n) is 3.18. The number of benzene rings is 1. The molecule has 10 heteroatoms. The molecule has 0 bridgehead atoms. The van der Waals surface area contributed by atoms with Crippen molar-refractivity contribution in [1.82, 2.24) is 10.2 Å². The zero-order chi connectivity index (χ0) is 17.8. The van der Waals surface area contributed by atoms with Gasteiger partial charge in [0.05, 0.1) is 36.8 Å². The van der Waals surface area contributed by atoms with Crippen molar-refractivity contribution in [2.75, 3.05) is 40.4 Å². The van der Waals surface area contributed by atoms with Crippen molar-refractivity contribution >= 4 is 41.8 Å². The number of hydrogen-bond donors (Lipinski definition) is 1. The van der Waals surface area contributed by atoms with Crippen LogP contribution in [-0.4, -0.2) is 50.2 Å². The van der Waals surface area contributed by atoms with Gasteiger partial charge in [-0.25, -0.2) is 0 Å². The molecule has 1 aromatic carbocycles. The fraction of sp³-hybridized carbons (Fsp3) is 0.412. The van der Waals surface area contributed by atoms with Crippen LogP contribution in [0.3, 0.4) is 0 Å². The van der Waals surface area contributed by atoms with Crippen molar-refractivity contribution < 1.29 is 14.4 Å². The highest BCUT2D eigenvalue weighted by molar-refractivity contribution is 7.10. The van der Waals surface area contributed by atoms with Gasteiger partial charge in [0.1, 0.15) is 0 Å². The highest BCUT2D eigenvalue weighted by Crippen LogP contribution is 2.42. The maximum Gasteiger partial charge on any atom is 0.278 e. The number of ether oxygens (including phenoxy) is 2. The molecule has 2 heterocycles. The number of thiophene rings is 1. The molecule has 150 valence electrons. The lowest BCUT2D eigenvalue weighted by Crippen LogP contribution is -2.45. The Kier molecular flexibility index (Phi) is 9.28. The average Bonchev–Trinajstić information content (AvgIpc) is 3.16. The summed E-state index contributed by atoms with van der Waals surface area (Å²) in [6, 6.07) is 7.02. The Balaban J connectivity index is 0.00000182. The van der Waals surface area contributed by atoms with Gasteiger partial charge >= 0.3 is 0 Å². The number of nitro groups is 1. The van der Waals surface area contributed by atoms with Crippen LogP contribution in [0.15, 0.2) is 29.6 Å². The predicted octanol–water partition coefficient (Wildman–Crippen LogP) is 3.51. The monoisotopic (exact) mass is 435 g/mol. The quantitative estimate of drug-likeness (QED) is 0.552. The Bertz CT molecular complexity index is 740. The molecule has 1 saturated heterocycles. The normalized spacial score (nSPS) is 15.2. The van der Waals surface area contributed by atoms with Crippen molar-refractivity contribution in [1.29, 1.82) is 0 Å². The van der Waals surface area contributed by atoms with E-state index >= 15 is 0 Å². The number of hydrogen-bond acceptors (Lipinski definition) is 7. The second-order valence-corrected chi connectivity index (χ2v) is 6.71. The van der Waals surface area contributed by atoms with E-state index in [4.69, 9.17) is 9.47 Å². The van der Waals surface area contributed by atoms with Gasteiger partial charge in [0, 0.05) is 31.1 Å². The molecule has 0 amide bonds. The highest BCUT2D eigenvalue weighted by atomic mass is 35.5. The summed E-state index contributed by atoms with van der Waals surface area (Å²) in [7, 11) is 3.02. The smallest absolute Gasteiger partial charge is 0.278 e. The van der Waals surface area contributed by atoms with Crippen LogP contribution in [0.1, 0.15) is 16.5 Å². The summed E-state index contributed by atoms with van der Waals surface area (Å²) in [5, 5.41) is 17.1. The number of nitro benzene ring substituents is 1. The van der Waals surface area contributed by atoms with E-state index in [-0.39, 0.29) is 41.5 Å². The molecular weight excluding hydrogens is 413 g/mol. The summed E-state index contributed by atoms with van der Waals surface area (Å²) in [4.78, 5) is 14.7. The average molecular weight is 436 g/mol. The molecule has 0 unspecified atom stereocenters. The van der Waals surface area contributed by atoms with Crippen molar-refractivity contribution in [2.24, 2.45) is 0 Å². The summed E-state index contributed by atoms with van der Waals surface area (Å²) in [5.74, 6) is 0.864. The molecule has 1 aliphatic heterocycles. The van der Waals surface area contributed by atoms with Crippen molar-refractivity contribution in [2.45, 2.75) is 6.04 Å². The molecule has 1 N–H and O–H groups in total.